The van der Waals surface area contributed by atoms with Gasteiger partial charge in [0.1, 0.15) is 6.61 Å². The Morgan fingerprint density at radius 1 is 1.50 bits per heavy atom. The molecule has 0 bridgehead atoms. The molecule has 14 heavy (non-hydrogen) atoms. The molecule has 0 atom stereocenters. The topological polar surface area (TPSA) is 35.5 Å². The summed E-state index contributed by atoms with van der Waals surface area (Å²) in [5, 5.41) is 0. The first-order valence-electron chi connectivity index (χ1n) is 4.61. The molecule has 3 heteroatoms. The molecule has 0 aliphatic heterocycles. The molecule has 3 nitrogen and oxygen atoms in total. The predicted molar refractivity (Wildman–Crippen MR) is 55.8 cm³/mol. The van der Waals surface area contributed by atoms with Gasteiger partial charge in [0.25, 0.3) is 0 Å². The van der Waals surface area contributed by atoms with Crippen LogP contribution in [0.25, 0.3) is 0 Å². The van der Waals surface area contributed by atoms with Crippen molar-refractivity contribution in [3.63, 3.8) is 0 Å². The molecule has 0 fully saturated rings. The normalized spacial score (nSPS) is 11.4. The van der Waals surface area contributed by atoms with Crippen molar-refractivity contribution in [1.29, 1.82) is 0 Å². The zero-order chi connectivity index (χ0) is 11.1. The quantitative estimate of drug-likeness (QED) is 0.294. The van der Waals surface area contributed by atoms with E-state index in [1.54, 1.807) is 26.8 Å². The molecule has 0 radical (unpaired) electrons. The zero-order valence-electron chi connectivity index (χ0n) is 9.29. The monoisotopic (exact) mass is 198 g/mol. The van der Waals surface area contributed by atoms with Crippen molar-refractivity contribution in [1.82, 2.24) is 0 Å². The SMILES string of the molecule is C=C(C)CO/C(=C\C)C(=O)OC(C)C. The Bertz CT molecular complexity index is 239. The first-order valence-corrected chi connectivity index (χ1v) is 4.61. The van der Waals surface area contributed by atoms with Gasteiger partial charge < -0.3 is 9.47 Å². The Hall–Kier alpha value is -1.25. The van der Waals surface area contributed by atoms with E-state index in [1.807, 2.05) is 6.92 Å². The molecule has 0 aliphatic carbocycles. The van der Waals surface area contributed by atoms with Crippen LogP contribution in [0.5, 0.6) is 0 Å². The Labute approximate surface area is 85.4 Å². The van der Waals surface area contributed by atoms with Crippen LogP contribution in [0.15, 0.2) is 24.0 Å². The summed E-state index contributed by atoms with van der Waals surface area (Å²) in [4.78, 5) is 11.4. The summed E-state index contributed by atoms with van der Waals surface area (Å²) in [6, 6.07) is 0. The van der Waals surface area contributed by atoms with Gasteiger partial charge in [-0.1, -0.05) is 6.58 Å². The molecule has 0 rings (SSSR count). The largest absolute Gasteiger partial charge is 0.482 e. The maximum atomic E-state index is 11.4. The number of ether oxygens (including phenoxy) is 2. The van der Waals surface area contributed by atoms with Crippen LogP contribution in [0.1, 0.15) is 27.7 Å². The molecule has 0 aliphatic rings. The highest BCUT2D eigenvalue weighted by Crippen LogP contribution is 2.05. The van der Waals surface area contributed by atoms with Crippen LogP contribution < -0.4 is 0 Å². The van der Waals surface area contributed by atoms with Gasteiger partial charge >= 0.3 is 5.97 Å². The van der Waals surface area contributed by atoms with Crippen molar-refractivity contribution in [2.24, 2.45) is 0 Å². The lowest BCUT2D eigenvalue weighted by Gasteiger charge is -2.11. The van der Waals surface area contributed by atoms with E-state index in [0.717, 1.165) is 5.57 Å². The van der Waals surface area contributed by atoms with Gasteiger partial charge in [0.2, 0.25) is 5.76 Å². The minimum atomic E-state index is -0.427. The molecule has 0 N–H and O–H groups in total. The second-order valence-corrected chi connectivity index (χ2v) is 3.35. The molecule has 0 amide bonds. The van der Waals surface area contributed by atoms with Gasteiger partial charge in [-0.2, -0.15) is 0 Å². The molecule has 0 spiro atoms. The second-order valence-electron chi connectivity index (χ2n) is 3.35. The van der Waals surface area contributed by atoms with E-state index in [4.69, 9.17) is 9.47 Å². The Kier molecular flexibility index (Phi) is 5.68. The van der Waals surface area contributed by atoms with Crippen LogP contribution in [-0.4, -0.2) is 18.7 Å². The molecular weight excluding hydrogens is 180 g/mol. The van der Waals surface area contributed by atoms with E-state index < -0.39 is 5.97 Å². The lowest BCUT2D eigenvalue weighted by atomic mass is 10.4. The van der Waals surface area contributed by atoms with E-state index in [-0.39, 0.29) is 11.9 Å². The fourth-order valence-electron chi connectivity index (χ4n) is 0.733. The molecule has 0 aromatic heterocycles. The summed E-state index contributed by atoms with van der Waals surface area (Å²) in [6.07, 6.45) is 1.46. The van der Waals surface area contributed by atoms with Crippen molar-refractivity contribution in [2.45, 2.75) is 33.8 Å². The molecule has 0 unspecified atom stereocenters. The van der Waals surface area contributed by atoms with E-state index in [2.05, 4.69) is 6.58 Å². The van der Waals surface area contributed by atoms with Gasteiger partial charge in [0.15, 0.2) is 0 Å². The van der Waals surface area contributed by atoms with Crippen LogP contribution in [0.3, 0.4) is 0 Å². The Balaban J connectivity index is 4.15. The van der Waals surface area contributed by atoms with Gasteiger partial charge in [0, 0.05) is 0 Å². The number of rotatable bonds is 5. The number of carbonyl (C=O) groups excluding carboxylic acids is 1. The minimum Gasteiger partial charge on any atom is -0.482 e. The van der Waals surface area contributed by atoms with Crippen LogP contribution in [0.4, 0.5) is 0 Å². The summed E-state index contributed by atoms with van der Waals surface area (Å²) in [5.41, 5.74) is 0.863. The lowest BCUT2D eigenvalue weighted by molar-refractivity contribution is -0.146. The second kappa shape index (κ2) is 6.24. The van der Waals surface area contributed by atoms with E-state index >= 15 is 0 Å². The number of hydrogen-bond donors (Lipinski definition) is 0. The van der Waals surface area contributed by atoms with Crippen molar-refractivity contribution in [2.75, 3.05) is 6.61 Å². The smallest absolute Gasteiger partial charge is 0.373 e. The lowest BCUT2D eigenvalue weighted by Crippen LogP contribution is -2.15. The molecular formula is C11H18O3. The Morgan fingerprint density at radius 3 is 2.43 bits per heavy atom. The molecule has 0 saturated carbocycles. The highest BCUT2D eigenvalue weighted by atomic mass is 16.6. The average Bonchev–Trinajstić information content (AvgIpc) is 2.03. The van der Waals surface area contributed by atoms with Crippen molar-refractivity contribution >= 4 is 5.97 Å². The first kappa shape index (κ1) is 12.8. The van der Waals surface area contributed by atoms with Gasteiger partial charge in [-0.25, -0.2) is 4.79 Å². The summed E-state index contributed by atoms with van der Waals surface area (Å²) in [7, 11) is 0. The maximum Gasteiger partial charge on any atom is 0.373 e. The van der Waals surface area contributed by atoms with Gasteiger partial charge in [-0.15, -0.1) is 0 Å². The summed E-state index contributed by atoms with van der Waals surface area (Å²) >= 11 is 0. The average molecular weight is 198 g/mol. The van der Waals surface area contributed by atoms with Gasteiger partial charge in [0.05, 0.1) is 6.10 Å². The number of esters is 1. The van der Waals surface area contributed by atoms with Gasteiger partial charge in [-0.05, 0) is 39.3 Å². The van der Waals surface area contributed by atoms with Crippen LogP contribution in [0, 0.1) is 0 Å². The number of allylic oxidation sites excluding steroid dienone is 1. The zero-order valence-corrected chi connectivity index (χ0v) is 9.29. The van der Waals surface area contributed by atoms with Crippen molar-refractivity contribution in [3.8, 4) is 0 Å². The van der Waals surface area contributed by atoms with E-state index in [0.29, 0.717) is 6.61 Å². The third-order valence-corrected chi connectivity index (χ3v) is 1.28. The third kappa shape index (κ3) is 5.41. The fourth-order valence-corrected chi connectivity index (χ4v) is 0.733. The maximum absolute atomic E-state index is 11.4. The van der Waals surface area contributed by atoms with Crippen molar-refractivity contribution in [3.05, 3.63) is 24.0 Å². The molecule has 80 valence electrons. The van der Waals surface area contributed by atoms with Crippen LogP contribution in [-0.2, 0) is 14.3 Å². The minimum absolute atomic E-state index is 0.133. The van der Waals surface area contributed by atoms with Crippen LogP contribution >= 0.6 is 0 Å². The van der Waals surface area contributed by atoms with E-state index in [9.17, 15) is 4.79 Å². The van der Waals surface area contributed by atoms with Gasteiger partial charge in [-0.3, -0.25) is 0 Å². The fraction of sp³-hybridized carbons (Fsp3) is 0.545. The first-order chi connectivity index (χ1) is 6.47. The van der Waals surface area contributed by atoms with Crippen LogP contribution in [0.2, 0.25) is 0 Å². The summed E-state index contributed by atoms with van der Waals surface area (Å²) in [6.45, 7) is 11.2. The molecule has 0 saturated heterocycles. The number of hydrogen-bond acceptors (Lipinski definition) is 3. The molecule has 0 heterocycles. The highest BCUT2D eigenvalue weighted by Gasteiger charge is 2.12. The molecule has 0 aromatic carbocycles. The van der Waals surface area contributed by atoms with E-state index in [1.165, 1.54) is 0 Å². The summed E-state index contributed by atoms with van der Waals surface area (Å²) in [5.74, 6) is -0.189. The number of carbonyl (C=O) groups is 1. The molecule has 0 aromatic rings. The standard InChI is InChI=1S/C11H18O3/c1-6-10(13-7-8(2)3)11(12)14-9(4)5/h6,9H,2,7H2,1,3-5H3/b10-6-. The van der Waals surface area contributed by atoms with Crippen molar-refractivity contribution < 1.29 is 14.3 Å². The summed E-state index contributed by atoms with van der Waals surface area (Å²) < 4.78 is 10.2. The highest BCUT2D eigenvalue weighted by molar-refractivity contribution is 5.86. The predicted octanol–water partition coefficient (Wildman–Crippen LogP) is 2.43. The third-order valence-electron chi connectivity index (χ3n) is 1.28. The Morgan fingerprint density at radius 2 is 2.07 bits per heavy atom.